The minimum atomic E-state index is -0.535. The van der Waals surface area contributed by atoms with Gasteiger partial charge in [0.2, 0.25) is 0 Å². The summed E-state index contributed by atoms with van der Waals surface area (Å²) in [5.41, 5.74) is 0.787. The van der Waals surface area contributed by atoms with E-state index in [0.717, 1.165) is 31.7 Å². The summed E-state index contributed by atoms with van der Waals surface area (Å²) in [7, 11) is 2.06. The Bertz CT molecular complexity index is 454. The molecule has 1 aromatic rings. The molecular weight excluding hydrogens is 256 g/mol. The van der Waals surface area contributed by atoms with Crippen LogP contribution < -0.4 is 4.74 Å². The van der Waals surface area contributed by atoms with Gasteiger partial charge in [-0.1, -0.05) is 12.1 Å². The highest BCUT2D eigenvalue weighted by Crippen LogP contribution is 2.18. The van der Waals surface area contributed by atoms with E-state index in [2.05, 4.69) is 11.9 Å². The zero-order valence-electron chi connectivity index (χ0n) is 12.1. The van der Waals surface area contributed by atoms with Crippen molar-refractivity contribution in [2.75, 3.05) is 39.8 Å². The number of nitrogens with zero attached hydrogens (tertiary/aromatic N) is 2. The lowest BCUT2D eigenvalue weighted by Gasteiger charge is -2.32. The monoisotopic (exact) mass is 278 g/mol. The molecule has 0 aromatic heterocycles. The summed E-state index contributed by atoms with van der Waals surface area (Å²) in [6.07, 6.45) is -0.535. The number of ether oxygens (including phenoxy) is 1. The highest BCUT2D eigenvalue weighted by Gasteiger charge is 2.19. The SMILES string of the molecule is C[C@H](O)c1cccc(OCC(=O)N2CCN(C)CC2)c1. The van der Waals surface area contributed by atoms with Gasteiger partial charge in [0.1, 0.15) is 5.75 Å². The maximum atomic E-state index is 12.0. The summed E-state index contributed by atoms with van der Waals surface area (Å²) in [5.74, 6) is 0.631. The van der Waals surface area contributed by atoms with Crippen LogP contribution in [0.1, 0.15) is 18.6 Å². The minimum absolute atomic E-state index is 0.0144. The first-order valence-corrected chi connectivity index (χ1v) is 6.93. The van der Waals surface area contributed by atoms with E-state index in [1.54, 1.807) is 19.1 Å². The number of hydrogen-bond donors (Lipinski definition) is 1. The van der Waals surface area contributed by atoms with Crippen LogP contribution in [0.25, 0.3) is 0 Å². The van der Waals surface area contributed by atoms with Crippen LogP contribution in [-0.2, 0) is 4.79 Å². The molecule has 1 aliphatic rings. The van der Waals surface area contributed by atoms with E-state index in [1.165, 1.54) is 0 Å². The fraction of sp³-hybridized carbons (Fsp3) is 0.533. The number of rotatable bonds is 4. The summed E-state index contributed by atoms with van der Waals surface area (Å²) in [6, 6.07) is 7.21. The zero-order valence-corrected chi connectivity index (χ0v) is 12.1. The van der Waals surface area contributed by atoms with Gasteiger partial charge in [0.25, 0.3) is 5.91 Å². The molecule has 0 aliphatic carbocycles. The number of hydrogen-bond acceptors (Lipinski definition) is 4. The number of aliphatic hydroxyl groups is 1. The Morgan fingerprint density at radius 2 is 2.05 bits per heavy atom. The van der Waals surface area contributed by atoms with Crippen LogP contribution in [0.15, 0.2) is 24.3 Å². The van der Waals surface area contributed by atoms with Crippen molar-refractivity contribution in [1.82, 2.24) is 9.80 Å². The Hall–Kier alpha value is -1.59. The first-order valence-electron chi connectivity index (χ1n) is 6.93. The molecule has 110 valence electrons. The molecule has 0 spiro atoms. The summed E-state index contributed by atoms with van der Waals surface area (Å²) in [6.45, 7) is 5.08. The van der Waals surface area contributed by atoms with E-state index in [4.69, 9.17) is 4.74 Å². The number of piperazine rings is 1. The largest absolute Gasteiger partial charge is 0.484 e. The fourth-order valence-electron chi connectivity index (χ4n) is 2.16. The molecule has 1 saturated heterocycles. The van der Waals surface area contributed by atoms with Crippen LogP contribution in [0.4, 0.5) is 0 Å². The average Bonchev–Trinajstić information content (AvgIpc) is 2.46. The van der Waals surface area contributed by atoms with Crippen molar-refractivity contribution in [3.8, 4) is 5.75 Å². The summed E-state index contributed by atoms with van der Waals surface area (Å²) >= 11 is 0. The Morgan fingerprint density at radius 1 is 1.35 bits per heavy atom. The van der Waals surface area contributed by atoms with Crippen LogP contribution in [0, 0.1) is 0 Å². The van der Waals surface area contributed by atoms with Crippen molar-refractivity contribution in [2.24, 2.45) is 0 Å². The molecule has 1 heterocycles. The quantitative estimate of drug-likeness (QED) is 0.889. The topological polar surface area (TPSA) is 53.0 Å². The predicted octanol–water partition coefficient (Wildman–Crippen LogP) is 0.893. The van der Waals surface area contributed by atoms with Crippen LogP contribution in [0.2, 0.25) is 0 Å². The van der Waals surface area contributed by atoms with Gasteiger partial charge < -0.3 is 19.6 Å². The summed E-state index contributed by atoms with van der Waals surface area (Å²) in [4.78, 5) is 16.1. The van der Waals surface area contributed by atoms with E-state index in [-0.39, 0.29) is 12.5 Å². The molecule has 5 heteroatoms. The molecule has 1 aromatic carbocycles. The van der Waals surface area contributed by atoms with Crippen LogP contribution in [0.5, 0.6) is 5.75 Å². The van der Waals surface area contributed by atoms with E-state index in [0.29, 0.717) is 5.75 Å². The number of likely N-dealkylation sites (N-methyl/N-ethyl adjacent to an activating group) is 1. The summed E-state index contributed by atoms with van der Waals surface area (Å²) < 4.78 is 5.52. The summed E-state index contributed by atoms with van der Waals surface area (Å²) in [5, 5.41) is 9.52. The van der Waals surface area contributed by atoms with E-state index < -0.39 is 6.10 Å². The number of aliphatic hydroxyl groups excluding tert-OH is 1. The fourth-order valence-corrected chi connectivity index (χ4v) is 2.16. The standard InChI is InChI=1S/C15H22N2O3/c1-12(18)13-4-3-5-14(10-13)20-11-15(19)17-8-6-16(2)7-9-17/h3-5,10,12,18H,6-9,11H2,1-2H3/t12-/m0/s1. The van der Waals surface area contributed by atoms with Crippen molar-refractivity contribution >= 4 is 5.91 Å². The maximum Gasteiger partial charge on any atom is 0.260 e. The molecule has 0 bridgehead atoms. The number of carbonyl (C=O) groups is 1. The maximum absolute atomic E-state index is 12.0. The van der Waals surface area contributed by atoms with Crippen molar-refractivity contribution in [3.05, 3.63) is 29.8 Å². The van der Waals surface area contributed by atoms with Crippen LogP contribution in [-0.4, -0.2) is 60.6 Å². The molecular formula is C15H22N2O3. The van der Waals surface area contributed by atoms with E-state index >= 15 is 0 Å². The Labute approximate surface area is 119 Å². The molecule has 0 radical (unpaired) electrons. The lowest BCUT2D eigenvalue weighted by Crippen LogP contribution is -2.48. The predicted molar refractivity (Wildman–Crippen MR) is 76.6 cm³/mol. The van der Waals surface area contributed by atoms with Gasteiger partial charge in [-0.25, -0.2) is 0 Å². The second-order valence-electron chi connectivity index (χ2n) is 5.22. The number of benzene rings is 1. The van der Waals surface area contributed by atoms with Gasteiger partial charge >= 0.3 is 0 Å². The smallest absolute Gasteiger partial charge is 0.260 e. The van der Waals surface area contributed by atoms with Gasteiger partial charge in [0, 0.05) is 26.2 Å². The molecule has 1 N–H and O–H groups in total. The minimum Gasteiger partial charge on any atom is -0.484 e. The van der Waals surface area contributed by atoms with E-state index in [1.807, 2.05) is 17.0 Å². The van der Waals surface area contributed by atoms with Gasteiger partial charge in [-0.3, -0.25) is 4.79 Å². The first kappa shape index (κ1) is 14.8. The van der Waals surface area contributed by atoms with E-state index in [9.17, 15) is 9.90 Å². The molecule has 2 rings (SSSR count). The average molecular weight is 278 g/mol. The van der Waals surface area contributed by atoms with Crippen molar-refractivity contribution in [3.63, 3.8) is 0 Å². The molecule has 1 fully saturated rings. The van der Waals surface area contributed by atoms with Crippen molar-refractivity contribution in [2.45, 2.75) is 13.0 Å². The van der Waals surface area contributed by atoms with Gasteiger partial charge in [0.05, 0.1) is 6.10 Å². The Balaban J connectivity index is 1.85. The normalized spacial score (nSPS) is 17.9. The van der Waals surface area contributed by atoms with Gasteiger partial charge in [-0.05, 0) is 31.7 Å². The molecule has 1 amide bonds. The highest BCUT2D eigenvalue weighted by molar-refractivity contribution is 5.77. The third kappa shape index (κ3) is 3.95. The van der Waals surface area contributed by atoms with Gasteiger partial charge in [0.15, 0.2) is 6.61 Å². The third-order valence-electron chi connectivity index (χ3n) is 3.56. The number of carbonyl (C=O) groups excluding carboxylic acids is 1. The van der Waals surface area contributed by atoms with Crippen molar-refractivity contribution in [1.29, 1.82) is 0 Å². The van der Waals surface area contributed by atoms with Crippen molar-refractivity contribution < 1.29 is 14.6 Å². The van der Waals surface area contributed by atoms with Crippen LogP contribution in [0.3, 0.4) is 0 Å². The first-order chi connectivity index (χ1) is 9.56. The lowest BCUT2D eigenvalue weighted by atomic mass is 10.1. The second-order valence-corrected chi connectivity index (χ2v) is 5.22. The molecule has 0 unspecified atom stereocenters. The van der Waals surface area contributed by atoms with Gasteiger partial charge in [-0.15, -0.1) is 0 Å². The lowest BCUT2D eigenvalue weighted by molar-refractivity contribution is -0.134. The molecule has 5 nitrogen and oxygen atoms in total. The Morgan fingerprint density at radius 3 is 2.70 bits per heavy atom. The van der Waals surface area contributed by atoms with Gasteiger partial charge in [-0.2, -0.15) is 0 Å². The molecule has 1 atom stereocenters. The molecule has 1 aliphatic heterocycles. The zero-order chi connectivity index (χ0) is 14.5. The third-order valence-corrected chi connectivity index (χ3v) is 3.56. The van der Waals surface area contributed by atoms with Crippen LogP contribution >= 0.6 is 0 Å². The Kier molecular flexibility index (Phi) is 4.98. The number of amides is 1. The second kappa shape index (κ2) is 6.72. The molecule has 0 saturated carbocycles. The molecule has 20 heavy (non-hydrogen) atoms. The highest BCUT2D eigenvalue weighted by atomic mass is 16.5.